The molecular formula is C19H21ClN4O3. The molecule has 8 heteroatoms. The lowest BCUT2D eigenvalue weighted by Crippen LogP contribution is -2.52. The summed E-state index contributed by atoms with van der Waals surface area (Å²) in [7, 11) is 0. The molecule has 1 aliphatic heterocycles. The topological polar surface area (TPSA) is 84.9 Å². The van der Waals surface area contributed by atoms with Crippen molar-refractivity contribution in [1.82, 2.24) is 10.2 Å². The van der Waals surface area contributed by atoms with Crippen LogP contribution in [0.1, 0.15) is 0 Å². The second kappa shape index (κ2) is 8.64. The van der Waals surface area contributed by atoms with E-state index in [2.05, 4.69) is 15.5 Å². The third kappa shape index (κ3) is 5.04. The van der Waals surface area contributed by atoms with Gasteiger partial charge in [0.1, 0.15) is 5.75 Å². The van der Waals surface area contributed by atoms with E-state index in [0.717, 1.165) is 5.69 Å². The van der Waals surface area contributed by atoms with Crippen molar-refractivity contribution in [2.75, 3.05) is 42.9 Å². The number of halogens is 1. The molecule has 1 heterocycles. The van der Waals surface area contributed by atoms with Gasteiger partial charge in [-0.25, -0.2) is 4.79 Å². The Hall–Kier alpha value is -2.93. The van der Waals surface area contributed by atoms with E-state index in [1.54, 1.807) is 23.1 Å². The van der Waals surface area contributed by atoms with Crippen LogP contribution in [0, 0.1) is 0 Å². The van der Waals surface area contributed by atoms with Gasteiger partial charge in [0, 0.05) is 36.9 Å². The highest BCUT2D eigenvalue weighted by molar-refractivity contribution is 6.30. The average molecular weight is 389 g/mol. The molecule has 7 nitrogen and oxygen atoms in total. The number of carbonyl (C=O) groups is 2. The molecule has 142 valence electrons. The molecule has 2 aromatic carbocycles. The number of amides is 3. The van der Waals surface area contributed by atoms with Gasteiger partial charge in [-0.2, -0.15) is 0 Å². The van der Waals surface area contributed by atoms with Crippen LogP contribution < -0.4 is 15.5 Å². The van der Waals surface area contributed by atoms with Crippen molar-refractivity contribution in [3.05, 3.63) is 53.6 Å². The number of para-hydroxylation sites is 2. The van der Waals surface area contributed by atoms with Crippen molar-refractivity contribution in [3.8, 4) is 5.75 Å². The number of hydrogen-bond acceptors (Lipinski definition) is 4. The number of hydrogen-bond donors (Lipinski definition) is 3. The summed E-state index contributed by atoms with van der Waals surface area (Å²) in [4.78, 5) is 28.1. The highest BCUT2D eigenvalue weighted by Crippen LogP contribution is 2.22. The molecule has 0 spiro atoms. The van der Waals surface area contributed by atoms with E-state index >= 15 is 0 Å². The molecule has 0 radical (unpaired) electrons. The molecule has 3 N–H and O–H groups in total. The maximum atomic E-state index is 12.3. The summed E-state index contributed by atoms with van der Waals surface area (Å²) in [5.74, 6) is -0.420. The third-order valence-electron chi connectivity index (χ3n) is 4.32. The van der Waals surface area contributed by atoms with Crippen molar-refractivity contribution in [2.45, 2.75) is 0 Å². The maximum Gasteiger partial charge on any atom is 0.317 e. The number of phenols is 1. The lowest BCUT2D eigenvalue weighted by Gasteiger charge is -2.36. The maximum absolute atomic E-state index is 12.3. The van der Waals surface area contributed by atoms with Gasteiger partial charge in [-0.05, 0) is 30.3 Å². The van der Waals surface area contributed by atoms with E-state index in [0.29, 0.717) is 36.9 Å². The summed E-state index contributed by atoms with van der Waals surface area (Å²) in [5, 5.41) is 15.5. The summed E-state index contributed by atoms with van der Waals surface area (Å²) in [6.45, 7) is 2.33. The minimum atomic E-state index is -0.401. The van der Waals surface area contributed by atoms with Crippen LogP contribution >= 0.6 is 11.6 Å². The van der Waals surface area contributed by atoms with Gasteiger partial charge in [0.25, 0.3) is 0 Å². The molecule has 0 aliphatic carbocycles. The number of benzene rings is 2. The molecule has 0 saturated carbocycles. The fourth-order valence-corrected chi connectivity index (χ4v) is 3.07. The van der Waals surface area contributed by atoms with Crippen molar-refractivity contribution in [2.24, 2.45) is 0 Å². The first kappa shape index (κ1) is 18.8. The Labute approximate surface area is 162 Å². The minimum Gasteiger partial charge on any atom is -0.506 e. The summed E-state index contributed by atoms with van der Waals surface area (Å²) < 4.78 is 0. The van der Waals surface area contributed by atoms with Gasteiger partial charge in [0.15, 0.2) is 0 Å². The zero-order chi connectivity index (χ0) is 19.2. The fraction of sp³-hybridized carbons (Fsp3) is 0.263. The van der Waals surface area contributed by atoms with Crippen LogP contribution in [0.3, 0.4) is 0 Å². The Morgan fingerprint density at radius 1 is 1.04 bits per heavy atom. The lowest BCUT2D eigenvalue weighted by molar-refractivity contribution is -0.115. The Kier molecular flexibility index (Phi) is 6.03. The van der Waals surface area contributed by atoms with Crippen molar-refractivity contribution >= 4 is 34.9 Å². The van der Waals surface area contributed by atoms with Gasteiger partial charge >= 0.3 is 6.03 Å². The zero-order valence-electron chi connectivity index (χ0n) is 14.7. The third-order valence-corrected chi connectivity index (χ3v) is 4.55. The standard InChI is InChI=1S/C19H21ClN4O3/c20-14-4-3-5-15(12-14)23-8-10-24(11-9-23)19(27)21-13-18(26)22-16-6-1-2-7-17(16)25/h1-7,12,25H,8-11,13H2,(H,21,27)(H,22,26). The van der Waals surface area contributed by atoms with E-state index in [1.807, 2.05) is 24.3 Å². The first-order valence-corrected chi connectivity index (χ1v) is 9.02. The Bertz CT molecular complexity index is 822. The number of anilines is 2. The van der Waals surface area contributed by atoms with Crippen LogP contribution in [0.25, 0.3) is 0 Å². The summed E-state index contributed by atoms with van der Waals surface area (Å²) in [6.07, 6.45) is 0. The molecule has 3 rings (SSSR count). The Morgan fingerprint density at radius 3 is 2.48 bits per heavy atom. The number of nitrogens with zero attached hydrogens (tertiary/aromatic N) is 2. The number of urea groups is 1. The van der Waals surface area contributed by atoms with E-state index in [1.165, 1.54) is 6.07 Å². The van der Waals surface area contributed by atoms with Crippen molar-refractivity contribution < 1.29 is 14.7 Å². The first-order chi connectivity index (χ1) is 13.0. The molecule has 0 aromatic heterocycles. The predicted octanol–water partition coefficient (Wildman–Crippen LogP) is 2.52. The number of phenolic OH excluding ortho intramolecular Hbond substituents is 1. The monoisotopic (exact) mass is 388 g/mol. The van der Waals surface area contributed by atoms with Crippen LogP contribution in [0.2, 0.25) is 5.02 Å². The van der Waals surface area contributed by atoms with Crippen LogP contribution in [-0.2, 0) is 4.79 Å². The molecule has 0 atom stereocenters. The summed E-state index contributed by atoms with van der Waals surface area (Å²) >= 11 is 6.03. The molecule has 0 unspecified atom stereocenters. The SMILES string of the molecule is O=C(CNC(=O)N1CCN(c2cccc(Cl)c2)CC1)Nc1ccccc1O. The van der Waals surface area contributed by atoms with Gasteiger partial charge in [-0.1, -0.05) is 29.8 Å². The van der Waals surface area contributed by atoms with Crippen molar-refractivity contribution in [3.63, 3.8) is 0 Å². The van der Waals surface area contributed by atoms with Crippen LogP contribution in [0.4, 0.5) is 16.2 Å². The number of carbonyl (C=O) groups excluding carboxylic acids is 2. The predicted molar refractivity (Wildman–Crippen MR) is 105 cm³/mol. The van der Waals surface area contributed by atoms with Crippen LogP contribution in [0.15, 0.2) is 48.5 Å². The first-order valence-electron chi connectivity index (χ1n) is 8.64. The second-order valence-electron chi connectivity index (χ2n) is 6.18. The molecule has 1 saturated heterocycles. The number of rotatable bonds is 4. The highest BCUT2D eigenvalue weighted by atomic mass is 35.5. The Morgan fingerprint density at radius 2 is 1.78 bits per heavy atom. The molecule has 1 fully saturated rings. The van der Waals surface area contributed by atoms with Gasteiger partial charge in [-0.3, -0.25) is 4.79 Å². The van der Waals surface area contributed by atoms with E-state index in [-0.39, 0.29) is 18.3 Å². The van der Waals surface area contributed by atoms with Gasteiger partial charge in [0.05, 0.1) is 12.2 Å². The van der Waals surface area contributed by atoms with Gasteiger partial charge < -0.3 is 25.5 Å². The van der Waals surface area contributed by atoms with Crippen molar-refractivity contribution in [1.29, 1.82) is 0 Å². The number of aromatic hydroxyl groups is 1. The molecule has 0 bridgehead atoms. The second-order valence-corrected chi connectivity index (χ2v) is 6.61. The van der Waals surface area contributed by atoms with Crippen LogP contribution in [-0.4, -0.2) is 54.7 Å². The zero-order valence-corrected chi connectivity index (χ0v) is 15.4. The van der Waals surface area contributed by atoms with Gasteiger partial charge in [0.2, 0.25) is 5.91 Å². The molecule has 2 aromatic rings. The Balaban J connectivity index is 1.44. The number of piperazine rings is 1. The molecule has 27 heavy (non-hydrogen) atoms. The van der Waals surface area contributed by atoms with E-state index in [9.17, 15) is 14.7 Å². The minimum absolute atomic E-state index is 0.0192. The normalized spacial score (nSPS) is 14.0. The summed E-state index contributed by atoms with van der Waals surface area (Å²) in [5.41, 5.74) is 1.34. The molecular weight excluding hydrogens is 368 g/mol. The van der Waals surface area contributed by atoms with E-state index < -0.39 is 5.91 Å². The fourth-order valence-electron chi connectivity index (χ4n) is 2.88. The summed E-state index contributed by atoms with van der Waals surface area (Å²) in [6, 6.07) is 13.8. The highest BCUT2D eigenvalue weighted by Gasteiger charge is 2.21. The largest absolute Gasteiger partial charge is 0.506 e. The lowest BCUT2D eigenvalue weighted by atomic mass is 10.2. The smallest absolute Gasteiger partial charge is 0.317 e. The molecule has 3 amide bonds. The quantitative estimate of drug-likeness (QED) is 0.702. The molecule has 1 aliphatic rings. The average Bonchev–Trinajstić information content (AvgIpc) is 2.68. The number of nitrogens with one attached hydrogen (secondary N) is 2. The van der Waals surface area contributed by atoms with Crippen LogP contribution in [0.5, 0.6) is 5.75 Å². The van der Waals surface area contributed by atoms with Gasteiger partial charge in [-0.15, -0.1) is 0 Å². The van der Waals surface area contributed by atoms with E-state index in [4.69, 9.17) is 11.6 Å².